The molecule has 3 rings (SSSR count). The van der Waals surface area contributed by atoms with Crippen LogP contribution < -0.4 is 5.32 Å². The van der Waals surface area contributed by atoms with Crippen molar-refractivity contribution in [3.8, 4) is 10.7 Å². The summed E-state index contributed by atoms with van der Waals surface area (Å²) in [5.41, 5.74) is 0.655. The van der Waals surface area contributed by atoms with Crippen LogP contribution in [0.1, 0.15) is 16.1 Å². The Morgan fingerprint density at radius 3 is 2.75 bits per heavy atom. The number of aromatic nitrogens is 3. The molecule has 0 saturated heterocycles. The van der Waals surface area contributed by atoms with Gasteiger partial charge in [-0.3, -0.25) is 5.32 Å². The van der Waals surface area contributed by atoms with E-state index in [0.29, 0.717) is 10.7 Å². The predicted octanol–water partition coefficient (Wildman–Crippen LogP) is 2.98. The normalized spacial score (nSPS) is 10.3. The molecule has 0 spiro atoms. The summed E-state index contributed by atoms with van der Waals surface area (Å²) in [4.78, 5) is 34.2. The molecule has 1 amide bonds. The zero-order valence-electron chi connectivity index (χ0n) is 12.2. The number of rotatable bonds is 5. The van der Waals surface area contributed by atoms with Gasteiger partial charge in [0.05, 0.1) is 0 Å². The summed E-state index contributed by atoms with van der Waals surface area (Å²) < 4.78 is 5.08. The van der Waals surface area contributed by atoms with E-state index >= 15 is 0 Å². The summed E-state index contributed by atoms with van der Waals surface area (Å²) in [5, 5.41) is 11.8. The van der Waals surface area contributed by atoms with Gasteiger partial charge in [-0.15, -0.1) is 0 Å². The molecule has 3 N–H and O–H groups in total. The van der Waals surface area contributed by atoms with Crippen LogP contribution in [0.25, 0.3) is 10.7 Å². The molecule has 0 aliphatic heterocycles. The van der Waals surface area contributed by atoms with E-state index in [4.69, 9.17) is 4.74 Å². The Kier molecular flexibility index (Phi) is 4.52. The fourth-order valence-corrected chi connectivity index (χ4v) is 2.82. The van der Waals surface area contributed by atoms with Crippen molar-refractivity contribution in [1.82, 2.24) is 15.0 Å². The van der Waals surface area contributed by atoms with Gasteiger partial charge in [0.2, 0.25) is 0 Å². The Labute approximate surface area is 140 Å². The second kappa shape index (κ2) is 6.92. The van der Waals surface area contributed by atoms with Crippen molar-refractivity contribution in [2.24, 2.45) is 0 Å². The maximum absolute atomic E-state index is 11.8. The van der Waals surface area contributed by atoms with Gasteiger partial charge in [-0.25, -0.2) is 19.6 Å². The number of aromatic amines is 1. The average molecular weight is 344 g/mol. The molecule has 0 atom stereocenters. The Hall–Kier alpha value is -3.20. The molecule has 0 fully saturated rings. The van der Waals surface area contributed by atoms with Gasteiger partial charge in [0, 0.05) is 12.4 Å². The first-order valence-corrected chi connectivity index (χ1v) is 7.66. The molecule has 0 radical (unpaired) electrons. The smallest absolute Gasteiger partial charge is 0.413 e. The molecule has 0 saturated carbocycles. The highest BCUT2D eigenvalue weighted by molar-refractivity contribution is 7.19. The van der Waals surface area contributed by atoms with Gasteiger partial charge in [-0.1, -0.05) is 41.7 Å². The minimum atomic E-state index is -1.21. The fraction of sp³-hybridized carbons (Fsp3) is 0.0667. The van der Waals surface area contributed by atoms with Crippen LogP contribution in [0.2, 0.25) is 0 Å². The molecule has 9 heteroatoms. The molecule has 0 aliphatic rings. The second-order valence-corrected chi connectivity index (χ2v) is 5.63. The summed E-state index contributed by atoms with van der Waals surface area (Å²) >= 11 is 0.998. The number of carbonyl (C=O) groups is 2. The monoisotopic (exact) mass is 344 g/mol. The number of ether oxygens (including phenoxy) is 1. The quantitative estimate of drug-likeness (QED) is 0.655. The van der Waals surface area contributed by atoms with Gasteiger partial charge in [0.25, 0.3) is 0 Å². The van der Waals surface area contributed by atoms with E-state index in [1.165, 1.54) is 6.20 Å². The molecule has 1 aromatic carbocycles. The lowest BCUT2D eigenvalue weighted by Gasteiger charge is -2.04. The fourth-order valence-electron chi connectivity index (χ4n) is 1.92. The first-order chi connectivity index (χ1) is 11.6. The van der Waals surface area contributed by atoms with Gasteiger partial charge < -0.3 is 14.8 Å². The number of H-pyrrole nitrogens is 1. The first-order valence-electron chi connectivity index (χ1n) is 6.85. The maximum Gasteiger partial charge on any atom is 0.413 e. The summed E-state index contributed by atoms with van der Waals surface area (Å²) in [6.45, 7) is 0.106. The van der Waals surface area contributed by atoms with Gasteiger partial charge in [0.15, 0.2) is 10.8 Å². The molecule has 2 aromatic heterocycles. The van der Waals surface area contributed by atoms with Crippen LogP contribution in [0.15, 0.2) is 42.7 Å². The molecule has 24 heavy (non-hydrogen) atoms. The lowest BCUT2D eigenvalue weighted by Crippen LogP contribution is -2.13. The van der Waals surface area contributed by atoms with Gasteiger partial charge >= 0.3 is 12.1 Å². The number of nitrogens with one attached hydrogen (secondary N) is 2. The molecule has 8 nitrogen and oxygen atoms in total. The Balaban J connectivity index is 1.70. The number of imidazole rings is 1. The SMILES string of the molecule is O=C(Nc1nc(C(=O)O)c(-c2ncc[nH]2)s1)OCc1ccccc1. The Morgan fingerprint density at radius 1 is 1.29 bits per heavy atom. The number of thiazole rings is 1. The third kappa shape index (κ3) is 3.58. The molecule has 0 unspecified atom stereocenters. The molecule has 122 valence electrons. The van der Waals surface area contributed by atoms with Crippen molar-refractivity contribution >= 4 is 28.5 Å². The summed E-state index contributed by atoms with van der Waals surface area (Å²) in [6, 6.07) is 9.20. The van der Waals surface area contributed by atoms with E-state index < -0.39 is 12.1 Å². The minimum Gasteiger partial charge on any atom is -0.476 e. The number of benzene rings is 1. The second-order valence-electron chi connectivity index (χ2n) is 4.63. The van der Waals surface area contributed by atoms with E-state index in [9.17, 15) is 14.7 Å². The largest absolute Gasteiger partial charge is 0.476 e. The highest BCUT2D eigenvalue weighted by atomic mass is 32.1. The Morgan fingerprint density at radius 2 is 2.08 bits per heavy atom. The average Bonchev–Trinajstić information content (AvgIpc) is 3.23. The number of hydrogen-bond donors (Lipinski definition) is 3. The molecule has 2 heterocycles. The highest BCUT2D eigenvalue weighted by Crippen LogP contribution is 2.31. The van der Waals surface area contributed by atoms with E-state index in [-0.39, 0.29) is 17.4 Å². The summed E-state index contributed by atoms with van der Waals surface area (Å²) in [5.74, 6) is -0.834. The number of amides is 1. The third-order valence-electron chi connectivity index (χ3n) is 2.96. The molecular weight excluding hydrogens is 332 g/mol. The van der Waals surface area contributed by atoms with E-state index in [1.54, 1.807) is 6.20 Å². The van der Waals surface area contributed by atoms with Crippen LogP contribution >= 0.6 is 11.3 Å². The first kappa shape index (κ1) is 15.7. The lowest BCUT2D eigenvalue weighted by atomic mass is 10.2. The standard InChI is InChI=1S/C15H12N4O4S/c20-13(21)10-11(12-16-6-7-17-12)24-14(18-10)19-15(22)23-8-9-4-2-1-3-5-9/h1-7H,8H2,(H,16,17)(H,20,21)(H,18,19,22). The number of anilines is 1. The Bertz CT molecular complexity index is 846. The lowest BCUT2D eigenvalue weighted by molar-refractivity contribution is 0.0692. The molecule has 3 aromatic rings. The summed E-state index contributed by atoms with van der Waals surface area (Å²) in [6.07, 6.45) is 2.36. The number of carbonyl (C=O) groups excluding carboxylic acids is 1. The van der Waals surface area contributed by atoms with Crippen molar-refractivity contribution in [3.05, 3.63) is 54.0 Å². The topological polar surface area (TPSA) is 117 Å². The predicted molar refractivity (Wildman–Crippen MR) is 86.9 cm³/mol. The van der Waals surface area contributed by atoms with Crippen molar-refractivity contribution in [2.75, 3.05) is 5.32 Å². The van der Waals surface area contributed by atoms with Crippen LogP contribution in [-0.4, -0.2) is 32.1 Å². The van der Waals surface area contributed by atoms with Crippen LogP contribution in [0.5, 0.6) is 0 Å². The zero-order chi connectivity index (χ0) is 16.9. The molecule has 0 aliphatic carbocycles. The number of carboxylic acid groups (broad SMARTS) is 1. The van der Waals surface area contributed by atoms with E-state index in [2.05, 4.69) is 20.3 Å². The minimum absolute atomic E-state index is 0.106. The number of nitrogens with zero attached hydrogens (tertiary/aromatic N) is 2. The summed E-state index contributed by atoms with van der Waals surface area (Å²) in [7, 11) is 0. The van der Waals surface area contributed by atoms with Gasteiger partial charge in [-0.2, -0.15) is 0 Å². The van der Waals surface area contributed by atoms with Crippen LogP contribution in [0.4, 0.5) is 9.93 Å². The van der Waals surface area contributed by atoms with E-state index in [0.717, 1.165) is 16.9 Å². The van der Waals surface area contributed by atoms with Crippen LogP contribution in [0, 0.1) is 0 Å². The number of carboxylic acids is 1. The zero-order valence-corrected chi connectivity index (χ0v) is 13.0. The van der Waals surface area contributed by atoms with Crippen molar-refractivity contribution in [1.29, 1.82) is 0 Å². The maximum atomic E-state index is 11.8. The third-order valence-corrected chi connectivity index (χ3v) is 3.94. The number of hydrogen-bond acceptors (Lipinski definition) is 6. The highest BCUT2D eigenvalue weighted by Gasteiger charge is 2.21. The van der Waals surface area contributed by atoms with Gasteiger partial charge in [0.1, 0.15) is 17.3 Å². The van der Waals surface area contributed by atoms with Crippen LogP contribution in [0.3, 0.4) is 0 Å². The molecule has 0 bridgehead atoms. The van der Waals surface area contributed by atoms with Crippen molar-refractivity contribution < 1.29 is 19.4 Å². The van der Waals surface area contributed by atoms with Crippen LogP contribution in [-0.2, 0) is 11.3 Å². The van der Waals surface area contributed by atoms with Crippen molar-refractivity contribution in [3.63, 3.8) is 0 Å². The molecular formula is C15H12N4O4S. The van der Waals surface area contributed by atoms with Crippen molar-refractivity contribution in [2.45, 2.75) is 6.61 Å². The number of aromatic carboxylic acids is 1. The van der Waals surface area contributed by atoms with E-state index in [1.807, 2.05) is 30.3 Å². The van der Waals surface area contributed by atoms with Gasteiger partial charge in [-0.05, 0) is 5.56 Å².